The number of piperidine rings is 1. The van der Waals surface area contributed by atoms with Crippen LogP contribution in [-0.2, 0) is 0 Å². The molecule has 0 unspecified atom stereocenters. The number of hydrogen-bond acceptors (Lipinski definition) is 3. The molecule has 0 atom stereocenters. The van der Waals surface area contributed by atoms with Gasteiger partial charge in [0.1, 0.15) is 5.82 Å². The van der Waals surface area contributed by atoms with Gasteiger partial charge in [0.05, 0.1) is 5.56 Å². The van der Waals surface area contributed by atoms with E-state index in [0.717, 1.165) is 59.3 Å². The summed E-state index contributed by atoms with van der Waals surface area (Å²) in [5, 5.41) is 6.03. The third-order valence-electron chi connectivity index (χ3n) is 5.51. The van der Waals surface area contributed by atoms with Crippen molar-refractivity contribution < 1.29 is 4.79 Å². The van der Waals surface area contributed by atoms with Crippen LogP contribution in [0.4, 0.5) is 11.5 Å². The molecule has 28 heavy (non-hydrogen) atoms. The topological polar surface area (TPSA) is 45.2 Å². The standard InChI is InChI=1S/C23H24ClN3O/c1-15-8-6-9-17-21(15)18(23(28)27-12-4-3-5-13-27)14-25-22(17)26-20-11-7-10-19(24)16(20)2/h6-11,14H,3-5,12-13H2,1-2H3,(H,25,26). The van der Waals surface area contributed by atoms with E-state index in [2.05, 4.69) is 10.3 Å². The average Bonchev–Trinajstić information content (AvgIpc) is 2.72. The van der Waals surface area contributed by atoms with Crippen LogP contribution in [0.25, 0.3) is 10.8 Å². The molecule has 2 aromatic carbocycles. The van der Waals surface area contributed by atoms with Crippen LogP contribution in [-0.4, -0.2) is 28.9 Å². The lowest BCUT2D eigenvalue weighted by molar-refractivity contribution is 0.0726. The van der Waals surface area contributed by atoms with E-state index in [1.165, 1.54) is 6.42 Å². The number of anilines is 2. The third kappa shape index (κ3) is 3.45. The van der Waals surface area contributed by atoms with Crippen LogP contribution in [0, 0.1) is 13.8 Å². The van der Waals surface area contributed by atoms with Crippen LogP contribution < -0.4 is 5.32 Å². The molecule has 5 heteroatoms. The molecule has 1 aliphatic heterocycles. The van der Waals surface area contributed by atoms with Gasteiger partial charge in [-0.25, -0.2) is 4.98 Å². The minimum absolute atomic E-state index is 0.0805. The predicted octanol–water partition coefficient (Wildman–Crippen LogP) is 5.87. The molecule has 3 aromatic rings. The van der Waals surface area contributed by atoms with Crippen molar-refractivity contribution >= 4 is 39.8 Å². The van der Waals surface area contributed by atoms with Crippen LogP contribution in [0.3, 0.4) is 0 Å². The van der Waals surface area contributed by atoms with Crippen molar-refractivity contribution in [3.05, 3.63) is 64.3 Å². The van der Waals surface area contributed by atoms with Crippen LogP contribution in [0.5, 0.6) is 0 Å². The zero-order chi connectivity index (χ0) is 19.7. The molecule has 0 aliphatic carbocycles. The number of rotatable bonds is 3. The van der Waals surface area contributed by atoms with Gasteiger partial charge in [0.25, 0.3) is 5.91 Å². The van der Waals surface area contributed by atoms with Gasteiger partial charge in [-0.2, -0.15) is 0 Å². The van der Waals surface area contributed by atoms with E-state index in [-0.39, 0.29) is 5.91 Å². The maximum Gasteiger partial charge on any atom is 0.256 e. The second kappa shape index (κ2) is 7.80. The Balaban J connectivity index is 1.79. The fourth-order valence-electron chi connectivity index (χ4n) is 3.89. The molecule has 1 N–H and O–H groups in total. The summed E-state index contributed by atoms with van der Waals surface area (Å²) in [6.07, 6.45) is 5.06. The van der Waals surface area contributed by atoms with Crippen LogP contribution in [0.15, 0.2) is 42.6 Å². The molecule has 0 spiro atoms. The van der Waals surface area contributed by atoms with Gasteiger partial charge in [0.2, 0.25) is 0 Å². The highest BCUT2D eigenvalue weighted by Gasteiger charge is 2.22. The first kappa shape index (κ1) is 18.8. The predicted molar refractivity (Wildman–Crippen MR) is 116 cm³/mol. The van der Waals surface area contributed by atoms with E-state index in [4.69, 9.17) is 11.6 Å². The first-order valence-corrected chi connectivity index (χ1v) is 10.1. The normalized spacial score (nSPS) is 14.3. The summed E-state index contributed by atoms with van der Waals surface area (Å²) >= 11 is 6.27. The van der Waals surface area contributed by atoms with E-state index in [0.29, 0.717) is 10.6 Å². The van der Waals surface area contributed by atoms with Crippen LogP contribution in [0.1, 0.15) is 40.7 Å². The van der Waals surface area contributed by atoms with Crippen molar-refractivity contribution in [3.63, 3.8) is 0 Å². The second-order valence-corrected chi connectivity index (χ2v) is 7.82. The Morgan fingerprint density at radius 1 is 1.07 bits per heavy atom. The molecule has 0 bridgehead atoms. The Bertz CT molecular complexity index is 1040. The zero-order valence-electron chi connectivity index (χ0n) is 16.3. The number of carbonyl (C=O) groups is 1. The number of halogens is 1. The maximum absolute atomic E-state index is 13.2. The quantitative estimate of drug-likeness (QED) is 0.604. The number of pyridine rings is 1. The monoisotopic (exact) mass is 393 g/mol. The Kier molecular flexibility index (Phi) is 5.23. The second-order valence-electron chi connectivity index (χ2n) is 7.41. The number of aromatic nitrogens is 1. The summed E-state index contributed by atoms with van der Waals surface area (Å²) in [5.41, 5.74) is 3.65. The van der Waals surface area contributed by atoms with E-state index in [1.54, 1.807) is 6.20 Å². The van der Waals surface area contributed by atoms with E-state index < -0.39 is 0 Å². The number of carbonyl (C=O) groups excluding carboxylic acids is 1. The number of fused-ring (bicyclic) bond motifs is 1. The largest absolute Gasteiger partial charge is 0.339 e. The lowest BCUT2D eigenvalue weighted by atomic mass is 10.00. The van der Waals surface area contributed by atoms with Crippen molar-refractivity contribution in [1.29, 1.82) is 0 Å². The Morgan fingerprint density at radius 2 is 1.82 bits per heavy atom. The van der Waals surface area contributed by atoms with Gasteiger partial charge in [-0.05, 0) is 56.4 Å². The molecule has 1 amide bonds. The minimum atomic E-state index is 0.0805. The number of nitrogens with zero attached hydrogens (tertiary/aromatic N) is 2. The summed E-state index contributed by atoms with van der Waals surface area (Å²) in [5.74, 6) is 0.816. The molecular weight excluding hydrogens is 370 g/mol. The highest BCUT2D eigenvalue weighted by molar-refractivity contribution is 6.31. The fraction of sp³-hybridized carbons (Fsp3) is 0.304. The number of amides is 1. The average molecular weight is 394 g/mol. The number of likely N-dealkylation sites (tertiary alicyclic amines) is 1. The van der Waals surface area contributed by atoms with Gasteiger partial charge in [-0.15, -0.1) is 0 Å². The molecule has 1 aliphatic rings. The van der Waals surface area contributed by atoms with Crippen LogP contribution >= 0.6 is 11.6 Å². The molecular formula is C23H24ClN3O. The summed E-state index contributed by atoms with van der Waals surface area (Å²) in [4.78, 5) is 19.8. The van der Waals surface area contributed by atoms with Gasteiger partial charge in [-0.3, -0.25) is 4.79 Å². The molecule has 1 aromatic heterocycles. The summed E-state index contributed by atoms with van der Waals surface area (Å²) in [7, 11) is 0. The molecule has 4 rings (SSSR count). The Morgan fingerprint density at radius 3 is 2.61 bits per heavy atom. The van der Waals surface area contributed by atoms with Crippen molar-refractivity contribution in [3.8, 4) is 0 Å². The van der Waals surface area contributed by atoms with Crippen LogP contribution in [0.2, 0.25) is 5.02 Å². The molecule has 1 saturated heterocycles. The Labute approximate surface area is 170 Å². The van der Waals surface area contributed by atoms with E-state index >= 15 is 0 Å². The number of aryl methyl sites for hydroxylation is 1. The number of nitrogens with one attached hydrogen (secondary N) is 1. The van der Waals surface area contributed by atoms with Gasteiger partial charge in [-0.1, -0.05) is 35.9 Å². The highest BCUT2D eigenvalue weighted by atomic mass is 35.5. The van der Waals surface area contributed by atoms with Crippen molar-refractivity contribution in [2.75, 3.05) is 18.4 Å². The fourth-order valence-corrected chi connectivity index (χ4v) is 4.06. The summed E-state index contributed by atoms with van der Waals surface area (Å²) in [6.45, 7) is 5.68. The van der Waals surface area contributed by atoms with Crippen molar-refractivity contribution in [2.45, 2.75) is 33.1 Å². The molecule has 0 radical (unpaired) electrons. The first-order valence-electron chi connectivity index (χ1n) is 9.76. The molecule has 2 heterocycles. The van der Waals surface area contributed by atoms with Gasteiger partial charge < -0.3 is 10.2 Å². The number of hydrogen-bond donors (Lipinski definition) is 1. The van der Waals surface area contributed by atoms with Crippen molar-refractivity contribution in [2.24, 2.45) is 0 Å². The first-order chi connectivity index (χ1) is 13.6. The molecule has 144 valence electrons. The van der Waals surface area contributed by atoms with Gasteiger partial charge >= 0.3 is 0 Å². The van der Waals surface area contributed by atoms with Gasteiger partial charge in [0, 0.05) is 40.8 Å². The smallest absolute Gasteiger partial charge is 0.256 e. The number of benzene rings is 2. The highest BCUT2D eigenvalue weighted by Crippen LogP contribution is 2.32. The lowest BCUT2D eigenvalue weighted by Crippen LogP contribution is -2.35. The lowest BCUT2D eigenvalue weighted by Gasteiger charge is -2.27. The van der Waals surface area contributed by atoms with E-state index in [9.17, 15) is 4.79 Å². The van der Waals surface area contributed by atoms with E-state index in [1.807, 2.05) is 55.1 Å². The minimum Gasteiger partial charge on any atom is -0.339 e. The zero-order valence-corrected chi connectivity index (χ0v) is 17.0. The molecule has 4 nitrogen and oxygen atoms in total. The van der Waals surface area contributed by atoms with Gasteiger partial charge in [0.15, 0.2) is 0 Å². The maximum atomic E-state index is 13.2. The SMILES string of the molecule is Cc1c(Cl)cccc1Nc1ncc(C(=O)N2CCCCC2)c2c(C)cccc12. The third-order valence-corrected chi connectivity index (χ3v) is 5.92. The molecule has 1 fully saturated rings. The molecule has 0 saturated carbocycles. The van der Waals surface area contributed by atoms with Crippen molar-refractivity contribution in [1.82, 2.24) is 9.88 Å². The Hall–Kier alpha value is -2.59. The summed E-state index contributed by atoms with van der Waals surface area (Å²) < 4.78 is 0. The summed E-state index contributed by atoms with van der Waals surface area (Å²) in [6, 6.07) is 11.8.